The Balaban J connectivity index is 3.55. The summed E-state index contributed by atoms with van der Waals surface area (Å²) in [5.41, 5.74) is 0. The molecule has 0 amide bonds. The topological polar surface area (TPSA) is 32.3 Å². The van der Waals surface area contributed by atoms with Crippen molar-refractivity contribution in [2.75, 3.05) is 13.2 Å². The lowest BCUT2D eigenvalue weighted by molar-refractivity contribution is 0.243. The van der Waals surface area contributed by atoms with E-state index in [-0.39, 0.29) is 12.6 Å². The van der Waals surface area contributed by atoms with Crippen LogP contribution in [0.1, 0.15) is 46.5 Å². The molecule has 0 aromatic rings. The molecule has 0 fully saturated rings. The standard InChI is InChI=1S/C11H25NO/c1-4-6-11(7-5-2)8-12-10(3)9-13/h10-13H,4-9H2,1-3H3. The van der Waals surface area contributed by atoms with Crippen molar-refractivity contribution in [2.45, 2.75) is 52.5 Å². The van der Waals surface area contributed by atoms with Gasteiger partial charge in [0.1, 0.15) is 0 Å². The number of hydrogen-bond acceptors (Lipinski definition) is 2. The van der Waals surface area contributed by atoms with Crippen LogP contribution in [0.2, 0.25) is 0 Å². The molecule has 0 spiro atoms. The zero-order chi connectivity index (χ0) is 10.1. The van der Waals surface area contributed by atoms with E-state index in [1.165, 1.54) is 25.7 Å². The van der Waals surface area contributed by atoms with E-state index < -0.39 is 0 Å². The second-order valence-corrected chi connectivity index (χ2v) is 3.94. The Hall–Kier alpha value is -0.0800. The molecule has 0 radical (unpaired) electrons. The van der Waals surface area contributed by atoms with Crippen LogP contribution >= 0.6 is 0 Å². The summed E-state index contributed by atoms with van der Waals surface area (Å²) in [4.78, 5) is 0. The normalized spacial score (nSPS) is 13.6. The summed E-state index contributed by atoms with van der Waals surface area (Å²) in [6.07, 6.45) is 5.14. The van der Waals surface area contributed by atoms with Crippen LogP contribution in [0.3, 0.4) is 0 Å². The third-order valence-electron chi connectivity index (χ3n) is 2.42. The summed E-state index contributed by atoms with van der Waals surface area (Å²) in [5, 5.41) is 12.2. The fourth-order valence-corrected chi connectivity index (χ4v) is 1.60. The minimum atomic E-state index is 0.241. The Morgan fingerprint density at radius 3 is 2.08 bits per heavy atom. The molecule has 2 heteroatoms. The van der Waals surface area contributed by atoms with Gasteiger partial charge in [0.2, 0.25) is 0 Å². The van der Waals surface area contributed by atoms with Crippen LogP contribution in [0, 0.1) is 5.92 Å². The number of hydrogen-bond donors (Lipinski definition) is 2. The number of aliphatic hydroxyl groups excluding tert-OH is 1. The second kappa shape index (κ2) is 8.52. The third-order valence-corrected chi connectivity index (χ3v) is 2.42. The minimum Gasteiger partial charge on any atom is -0.395 e. The highest BCUT2D eigenvalue weighted by molar-refractivity contribution is 4.65. The van der Waals surface area contributed by atoms with Gasteiger partial charge in [-0.05, 0) is 32.2 Å². The van der Waals surface area contributed by atoms with Gasteiger partial charge in [-0.25, -0.2) is 0 Å². The van der Waals surface area contributed by atoms with Crippen LogP contribution in [0.15, 0.2) is 0 Å². The Morgan fingerprint density at radius 1 is 1.15 bits per heavy atom. The molecule has 0 bridgehead atoms. The summed E-state index contributed by atoms with van der Waals surface area (Å²) in [6, 6.07) is 0.246. The molecule has 1 unspecified atom stereocenters. The van der Waals surface area contributed by atoms with Gasteiger partial charge in [0.25, 0.3) is 0 Å². The lowest BCUT2D eigenvalue weighted by Gasteiger charge is -2.18. The molecule has 13 heavy (non-hydrogen) atoms. The largest absolute Gasteiger partial charge is 0.395 e. The third kappa shape index (κ3) is 7.03. The quantitative estimate of drug-likeness (QED) is 0.610. The maximum absolute atomic E-state index is 8.84. The Morgan fingerprint density at radius 2 is 1.69 bits per heavy atom. The van der Waals surface area contributed by atoms with Crippen LogP contribution in [0.25, 0.3) is 0 Å². The molecule has 1 atom stereocenters. The molecular weight excluding hydrogens is 162 g/mol. The van der Waals surface area contributed by atoms with Crippen molar-refractivity contribution < 1.29 is 5.11 Å². The molecular formula is C11H25NO. The van der Waals surface area contributed by atoms with Gasteiger partial charge < -0.3 is 10.4 Å². The van der Waals surface area contributed by atoms with Crippen molar-refractivity contribution in [3.8, 4) is 0 Å². The molecule has 0 aromatic heterocycles. The number of rotatable bonds is 8. The molecule has 0 saturated heterocycles. The molecule has 0 aromatic carbocycles. The molecule has 0 heterocycles. The van der Waals surface area contributed by atoms with Crippen molar-refractivity contribution in [3.05, 3.63) is 0 Å². The van der Waals surface area contributed by atoms with Crippen LogP contribution in [0.4, 0.5) is 0 Å². The fourth-order valence-electron chi connectivity index (χ4n) is 1.60. The highest BCUT2D eigenvalue weighted by Gasteiger charge is 2.07. The predicted molar refractivity (Wildman–Crippen MR) is 57.9 cm³/mol. The van der Waals surface area contributed by atoms with Crippen molar-refractivity contribution in [3.63, 3.8) is 0 Å². The number of aliphatic hydroxyl groups is 1. The van der Waals surface area contributed by atoms with Gasteiger partial charge in [0.15, 0.2) is 0 Å². The average molecular weight is 187 g/mol. The summed E-state index contributed by atoms with van der Waals surface area (Å²) in [6.45, 7) is 7.79. The molecule has 0 saturated carbocycles. The highest BCUT2D eigenvalue weighted by atomic mass is 16.3. The van der Waals surface area contributed by atoms with Gasteiger partial charge >= 0.3 is 0 Å². The van der Waals surface area contributed by atoms with Crippen molar-refractivity contribution in [1.29, 1.82) is 0 Å². The lowest BCUT2D eigenvalue weighted by atomic mass is 9.98. The molecule has 2 N–H and O–H groups in total. The van der Waals surface area contributed by atoms with Crippen molar-refractivity contribution in [2.24, 2.45) is 5.92 Å². The van der Waals surface area contributed by atoms with Gasteiger partial charge in [-0.3, -0.25) is 0 Å². The van der Waals surface area contributed by atoms with E-state index in [9.17, 15) is 0 Å². The maximum Gasteiger partial charge on any atom is 0.0581 e. The minimum absolute atomic E-state index is 0.241. The summed E-state index contributed by atoms with van der Waals surface area (Å²) >= 11 is 0. The predicted octanol–water partition coefficient (Wildman–Crippen LogP) is 2.17. The smallest absolute Gasteiger partial charge is 0.0581 e. The van der Waals surface area contributed by atoms with E-state index in [0.717, 1.165) is 12.5 Å². The average Bonchev–Trinajstić information content (AvgIpc) is 2.14. The molecule has 0 aliphatic carbocycles. The summed E-state index contributed by atoms with van der Waals surface area (Å²) < 4.78 is 0. The summed E-state index contributed by atoms with van der Waals surface area (Å²) in [7, 11) is 0. The molecule has 0 aliphatic rings. The van der Waals surface area contributed by atoms with Crippen LogP contribution < -0.4 is 5.32 Å². The second-order valence-electron chi connectivity index (χ2n) is 3.94. The first-order valence-corrected chi connectivity index (χ1v) is 5.58. The van der Waals surface area contributed by atoms with Crippen molar-refractivity contribution >= 4 is 0 Å². The van der Waals surface area contributed by atoms with Gasteiger partial charge in [-0.15, -0.1) is 0 Å². The highest BCUT2D eigenvalue weighted by Crippen LogP contribution is 2.12. The Labute approximate surface area is 82.7 Å². The van der Waals surface area contributed by atoms with Crippen LogP contribution in [-0.2, 0) is 0 Å². The summed E-state index contributed by atoms with van der Waals surface area (Å²) in [5.74, 6) is 0.795. The molecule has 2 nitrogen and oxygen atoms in total. The first-order chi connectivity index (χ1) is 6.24. The van der Waals surface area contributed by atoms with Gasteiger partial charge in [-0.1, -0.05) is 26.7 Å². The Bertz CT molecular complexity index is 100. The molecule has 80 valence electrons. The van der Waals surface area contributed by atoms with Gasteiger partial charge in [-0.2, -0.15) is 0 Å². The molecule has 0 aliphatic heterocycles. The SMILES string of the molecule is CCCC(CCC)CNC(C)CO. The first-order valence-electron chi connectivity index (χ1n) is 5.58. The van der Waals surface area contributed by atoms with E-state index in [2.05, 4.69) is 19.2 Å². The van der Waals surface area contributed by atoms with Crippen LogP contribution in [-0.4, -0.2) is 24.3 Å². The van der Waals surface area contributed by atoms with E-state index in [0.29, 0.717) is 0 Å². The fraction of sp³-hybridized carbons (Fsp3) is 1.00. The van der Waals surface area contributed by atoms with Gasteiger partial charge in [0.05, 0.1) is 6.61 Å². The van der Waals surface area contributed by atoms with Crippen molar-refractivity contribution in [1.82, 2.24) is 5.32 Å². The zero-order valence-corrected chi connectivity index (χ0v) is 9.34. The molecule has 0 rings (SSSR count). The first kappa shape index (κ1) is 12.9. The maximum atomic E-state index is 8.84. The number of nitrogens with one attached hydrogen (secondary N) is 1. The van der Waals surface area contributed by atoms with Crippen LogP contribution in [0.5, 0.6) is 0 Å². The van der Waals surface area contributed by atoms with E-state index in [1.54, 1.807) is 0 Å². The van der Waals surface area contributed by atoms with E-state index in [1.807, 2.05) is 6.92 Å². The Kier molecular flexibility index (Phi) is 8.46. The lowest BCUT2D eigenvalue weighted by Crippen LogP contribution is -2.33. The van der Waals surface area contributed by atoms with Gasteiger partial charge in [0, 0.05) is 6.04 Å². The van der Waals surface area contributed by atoms with E-state index in [4.69, 9.17) is 5.11 Å². The zero-order valence-electron chi connectivity index (χ0n) is 9.34. The monoisotopic (exact) mass is 187 g/mol. The van der Waals surface area contributed by atoms with E-state index >= 15 is 0 Å².